The van der Waals surface area contributed by atoms with Crippen LogP contribution in [0.2, 0.25) is 5.02 Å². The number of methoxy groups -OCH3 is 3. The van der Waals surface area contributed by atoms with E-state index in [9.17, 15) is 9.59 Å². The molecule has 0 saturated carbocycles. The Balaban J connectivity index is 1.94. The monoisotopic (exact) mass is 436 g/mol. The molecule has 0 radical (unpaired) electrons. The topological polar surface area (TPSA) is 90.3 Å². The molecule has 2 aromatic carbocycles. The standard InChI is InChI=1S/C21H26ClN3O5/c1-5-25(12-14-6-8-18(29-3)19(10-14)30-4)13-20(26)23-24-21(27)16-11-15(22)7-9-17(16)28-2/h6-11H,5,12-13H2,1-4H3,(H,23,26)(H,24,27)/p+1. The van der Waals surface area contributed by atoms with Gasteiger partial charge in [0, 0.05) is 10.6 Å². The predicted molar refractivity (Wildman–Crippen MR) is 113 cm³/mol. The van der Waals surface area contributed by atoms with Gasteiger partial charge in [0.15, 0.2) is 18.0 Å². The molecular formula is C21H27ClN3O5+. The van der Waals surface area contributed by atoms with Crippen LogP contribution in [0.3, 0.4) is 0 Å². The van der Waals surface area contributed by atoms with Crippen molar-refractivity contribution in [2.45, 2.75) is 13.5 Å². The zero-order valence-corrected chi connectivity index (χ0v) is 18.3. The number of benzene rings is 2. The fourth-order valence-corrected chi connectivity index (χ4v) is 3.09. The van der Waals surface area contributed by atoms with Crippen LogP contribution in [-0.2, 0) is 11.3 Å². The van der Waals surface area contributed by atoms with Gasteiger partial charge in [0.25, 0.3) is 11.8 Å². The lowest BCUT2D eigenvalue weighted by Gasteiger charge is -2.18. The molecule has 3 N–H and O–H groups in total. The molecule has 2 rings (SSSR count). The lowest BCUT2D eigenvalue weighted by Crippen LogP contribution is -3.11. The van der Waals surface area contributed by atoms with Gasteiger partial charge in [-0.3, -0.25) is 20.4 Å². The normalized spacial score (nSPS) is 11.4. The number of nitrogens with one attached hydrogen (secondary N) is 3. The van der Waals surface area contributed by atoms with Gasteiger partial charge in [-0.1, -0.05) is 11.6 Å². The van der Waals surface area contributed by atoms with Crippen LogP contribution in [0.25, 0.3) is 0 Å². The molecule has 9 heteroatoms. The Morgan fingerprint density at radius 2 is 1.60 bits per heavy atom. The Labute approximate surface area is 181 Å². The second-order valence-electron chi connectivity index (χ2n) is 6.49. The van der Waals surface area contributed by atoms with E-state index in [1.54, 1.807) is 26.4 Å². The van der Waals surface area contributed by atoms with Gasteiger partial charge in [0.1, 0.15) is 12.3 Å². The van der Waals surface area contributed by atoms with Crippen LogP contribution in [0.1, 0.15) is 22.8 Å². The van der Waals surface area contributed by atoms with Crippen molar-refractivity contribution in [3.63, 3.8) is 0 Å². The lowest BCUT2D eigenvalue weighted by molar-refractivity contribution is -0.904. The molecule has 0 aliphatic heterocycles. The smallest absolute Gasteiger partial charge is 0.293 e. The minimum absolute atomic E-state index is 0.178. The van der Waals surface area contributed by atoms with E-state index >= 15 is 0 Å². The quantitative estimate of drug-likeness (QED) is 0.514. The SMILES string of the molecule is CC[NH+](CC(=O)NNC(=O)c1cc(Cl)ccc1OC)Cc1ccc(OC)c(OC)c1. The summed E-state index contributed by atoms with van der Waals surface area (Å²) in [6, 6.07) is 10.3. The molecule has 8 nitrogen and oxygen atoms in total. The highest BCUT2D eigenvalue weighted by Crippen LogP contribution is 2.27. The Bertz CT molecular complexity index is 891. The summed E-state index contributed by atoms with van der Waals surface area (Å²) in [6.45, 7) is 3.49. The molecule has 162 valence electrons. The summed E-state index contributed by atoms with van der Waals surface area (Å²) in [7, 11) is 4.62. The third kappa shape index (κ3) is 6.27. The van der Waals surface area contributed by atoms with Crippen molar-refractivity contribution in [3.8, 4) is 17.2 Å². The predicted octanol–water partition coefficient (Wildman–Crippen LogP) is 1.23. The molecule has 2 amide bonds. The highest BCUT2D eigenvalue weighted by Gasteiger charge is 2.17. The molecule has 0 aliphatic rings. The average Bonchev–Trinajstić information content (AvgIpc) is 2.76. The maximum atomic E-state index is 12.4. The van der Waals surface area contributed by atoms with Crippen molar-refractivity contribution < 1.29 is 28.7 Å². The average molecular weight is 437 g/mol. The van der Waals surface area contributed by atoms with Gasteiger partial charge in [-0.15, -0.1) is 0 Å². The number of ether oxygens (including phenoxy) is 3. The fourth-order valence-electron chi connectivity index (χ4n) is 2.91. The highest BCUT2D eigenvalue weighted by molar-refractivity contribution is 6.31. The van der Waals surface area contributed by atoms with Gasteiger partial charge >= 0.3 is 0 Å². The van der Waals surface area contributed by atoms with Crippen LogP contribution in [0.4, 0.5) is 0 Å². The first-order chi connectivity index (χ1) is 14.4. The summed E-state index contributed by atoms with van der Waals surface area (Å²) in [6.07, 6.45) is 0. The third-order valence-corrected chi connectivity index (χ3v) is 4.77. The third-order valence-electron chi connectivity index (χ3n) is 4.53. The van der Waals surface area contributed by atoms with E-state index in [2.05, 4.69) is 10.9 Å². The number of rotatable bonds is 9. The van der Waals surface area contributed by atoms with E-state index in [1.165, 1.54) is 13.2 Å². The second kappa shape index (κ2) is 11.3. The first-order valence-corrected chi connectivity index (χ1v) is 9.76. The van der Waals surface area contributed by atoms with Crippen molar-refractivity contribution in [1.29, 1.82) is 0 Å². The van der Waals surface area contributed by atoms with Gasteiger partial charge in [-0.25, -0.2) is 0 Å². The minimum Gasteiger partial charge on any atom is -0.496 e. The van der Waals surface area contributed by atoms with Crippen molar-refractivity contribution in [3.05, 3.63) is 52.5 Å². The Morgan fingerprint density at radius 3 is 2.23 bits per heavy atom. The second-order valence-corrected chi connectivity index (χ2v) is 6.93. The lowest BCUT2D eigenvalue weighted by atomic mass is 10.2. The van der Waals surface area contributed by atoms with Gasteiger partial charge in [-0.2, -0.15) is 0 Å². The number of likely N-dealkylation sites (N-methyl/N-ethyl adjacent to an activating group) is 1. The first-order valence-electron chi connectivity index (χ1n) is 9.39. The summed E-state index contributed by atoms with van der Waals surface area (Å²) in [5.74, 6) is 0.816. The van der Waals surface area contributed by atoms with Crippen LogP contribution >= 0.6 is 11.6 Å². The van der Waals surface area contributed by atoms with E-state index in [4.69, 9.17) is 25.8 Å². The Kier molecular flexibility index (Phi) is 8.76. The number of hydrogen-bond acceptors (Lipinski definition) is 5. The molecule has 0 aromatic heterocycles. The summed E-state index contributed by atoms with van der Waals surface area (Å²) in [5.41, 5.74) is 6.08. The molecule has 2 aromatic rings. The number of hydrogen-bond donors (Lipinski definition) is 3. The zero-order valence-electron chi connectivity index (χ0n) is 17.5. The van der Waals surface area contributed by atoms with Crippen LogP contribution in [0, 0.1) is 0 Å². The van der Waals surface area contributed by atoms with Crippen molar-refractivity contribution in [2.75, 3.05) is 34.4 Å². The van der Waals surface area contributed by atoms with E-state index in [0.29, 0.717) is 28.8 Å². The summed E-state index contributed by atoms with van der Waals surface area (Å²) in [4.78, 5) is 25.7. The van der Waals surface area contributed by atoms with Crippen molar-refractivity contribution >= 4 is 23.4 Å². The number of quaternary nitrogens is 1. The molecule has 0 bridgehead atoms. The first kappa shape index (κ1) is 23.3. The molecule has 0 aliphatic carbocycles. The minimum atomic E-state index is -0.513. The maximum absolute atomic E-state index is 12.4. The molecule has 0 saturated heterocycles. The molecular weight excluding hydrogens is 410 g/mol. The molecule has 30 heavy (non-hydrogen) atoms. The van der Waals surface area contributed by atoms with Crippen LogP contribution in [-0.4, -0.2) is 46.2 Å². The molecule has 0 spiro atoms. The van der Waals surface area contributed by atoms with E-state index < -0.39 is 5.91 Å². The van der Waals surface area contributed by atoms with Gasteiger partial charge in [-0.05, 0) is 43.3 Å². The maximum Gasteiger partial charge on any atom is 0.293 e. The molecule has 1 atom stereocenters. The van der Waals surface area contributed by atoms with E-state index in [-0.39, 0.29) is 18.0 Å². The Morgan fingerprint density at radius 1 is 0.933 bits per heavy atom. The summed E-state index contributed by atoms with van der Waals surface area (Å²) in [5, 5.41) is 0.392. The van der Waals surface area contributed by atoms with Gasteiger partial charge < -0.3 is 19.1 Å². The van der Waals surface area contributed by atoms with Crippen molar-refractivity contribution in [2.24, 2.45) is 0 Å². The molecule has 1 unspecified atom stereocenters. The van der Waals surface area contributed by atoms with Crippen LogP contribution < -0.4 is 30.0 Å². The number of halogens is 1. The zero-order chi connectivity index (χ0) is 22.1. The number of amides is 2. The number of carbonyl (C=O) groups is 2. The van der Waals surface area contributed by atoms with Gasteiger partial charge in [0.05, 0.1) is 33.4 Å². The van der Waals surface area contributed by atoms with Crippen molar-refractivity contribution in [1.82, 2.24) is 10.9 Å². The molecule has 0 heterocycles. The number of hydrazine groups is 1. The van der Waals surface area contributed by atoms with Crippen LogP contribution in [0.15, 0.2) is 36.4 Å². The van der Waals surface area contributed by atoms with E-state index in [1.807, 2.05) is 25.1 Å². The van der Waals surface area contributed by atoms with Crippen LogP contribution in [0.5, 0.6) is 17.2 Å². The Hall–Kier alpha value is -2.97. The number of carbonyl (C=O) groups excluding carboxylic acids is 2. The highest BCUT2D eigenvalue weighted by atomic mass is 35.5. The van der Waals surface area contributed by atoms with Gasteiger partial charge in [0.2, 0.25) is 0 Å². The van der Waals surface area contributed by atoms with E-state index in [0.717, 1.165) is 17.0 Å². The molecule has 0 fully saturated rings. The fraction of sp³-hybridized carbons (Fsp3) is 0.333. The summed E-state index contributed by atoms with van der Waals surface area (Å²) < 4.78 is 15.7. The largest absolute Gasteiger partial charge is 0.496 e. The summed E-state index contributed by atoms with van der Waals surface area (Å²) >= 11 is 5.94.